The van der Waals surface area contributed by atoms with Gasteiger partial charge in [-0.1, -0.05) is 6.07 Å². The van der Waals surface area contributed by atoms with Crippen molar-refractivity contribution in [1.82, 2.24) is 0 Å². The van der Waals surface area contributed by atoms with Crippen LogP contribution in [0, 0.1) is 11.3 Å². The molecule has 84 valence electrons. The van der Waals surface area contributed by atoms with Crippen molar-refractivity contribution in [2.24, 2.45) is 0 Å². The van der Waals surface area contributed by atoms with Gasteiger partial charge in [0.1, 0.15) is 6.07 Å². The Morgan fingerprint density at radius 3 is 2.94 bits per heavy atom. The number of nitrogens with zero attached hydrogens (tertiary/aromatic N) is 1. The number of carboxylic acid groups (broad SMARTS) is 1. The summed E-state index contributed by atoms with van der Waals surface area (Å²) >= 11 is 3.28. The predicted molar refractivity (Wildman–Crippen MR) is 64.2 cm³/mol. The number of hydrogen-bond acceptors (Lipinski definition) is 3. The van der Waals surface area contributed by atoms with Gasteiger partial charge in [-0.05, 0) is 34.5 Å². The van der Waals surface area contributed by atoms with Gasteiger partial charge in [-0.2, -0.15) is 5.26 Å². The minimum Gasteiger partial charge on any atom is -0.481 e. The summed E-state index contributed by atoms with van der Waals surface area (Å²) in [5, 5.41) is 20.4. The van der Waals surface area contributed by atoms with E-state index in [0.29, 0.717) is 18.5 Å². The summed E-state index contributed by atoms with van der Waals surface area (Å²) in [7, 11) is 0. The normalized spacial score (nSPS) is 9.50. The molecule has 0 fully saturated rings. The number of carboxylic acids is 1. The number of carbonyl (C=O) groups is 1. The first-order valence-corrected chi connectivity index (χ1v) is 5.58. The zero-order valence-corrected chi connectivity index (χ0v) is 10.1. The van der Waals surface area contributed by atoms with Crippen LogP contribution in [0.2, 0.25) is 0 Å². The van der Waals surface area contributed by atoms with E-state index in [4.69, 9.17) is 10.4 Å². The summed E-state index contributed by atoms with van der Waals surface area (Å²) in [6.07, 6.45) is 0.662. The molecule has 0 aliphatic rings. The van der Waals surface area contributed by atoms with Crippen molar-refractivity contribution in [1.29, 1.82) is 5.26 Å². The SMILES string of the molecule is N#Cc1c(Br)cccc1NCCCC(=O)O. The molecule has 0 unspecified atom stereocenters. The molecular weight excluding hydrogens is 272 g/mol. The highest BCUT2D eigenvalue weighted by atomic mass is 79.9. The summed E-state index contributed by atoms with van der Waals surface area (Å²) in [5.41, 5.74) is 1.26. The van der Waals surface area contributed by atoms with Gasteiger partial charge in [0.2, 0.25) is 0 Å². The molecule has 16 heavy (non-hydrogen) atoms. The molecule has 1 aromatic rings. The molecule has 0 spiro atoms. The first-order valence-electron chi connectivity index (χ1n) is 4.79. The van der Waals surface area contributed by atoms with Crippen LogP contribution in [0.15, 0.2) is 22.7 Å². The van der Waals surface area contributed by atoms with E-state index in [1.165, 1.54) is 0 Å². The Labute approximate surface area is 102 Å². The second-order valence-corrected chi connectivity index (χ2v) is 4.05. The third-order valence-corrected chi connectivity index (χ3v) is 2.67. The fraction of sp³-hybridized carbons (Fsp3) is 0.273. The van der Waals surface area contributed by atoms with Crippen molar-refractivity contribution in [3.05, 3.63) is 28.2 Å². The molecule has 0 atom stereocenters. The van der Waals surface area contributed by atoms with E-state index in [2.05, 4.69) is 27.3 Å². The second kappa shape index (κ2) is 6.13. The number of anilines is 1. The maximum Gasteiger partial charge on any atom is 0.303 e. The molecule has 0 aliphatic heterocycles. The Bertz CT molecular complexity index is 426. The van der Waals surface area contributed by atoms with Crippen molar-refractivity contribution < 1.29 is 9.90 Å². The van der Waals surface area contributed by atoms with Gasteiger partial charge in [0.15, 0.2) is 0 Å². The Morgan fingerprint density at radius 1 is 1.56 bits per heavy atom. The van der Waals surface area contributed by atoms with Gasteiger partial charge in [-0.25, -0.2) is 0 Å². The van der Waals surface area contributed by atoms with Crippen LogP contribution in [-0.4, -0.2) is 17.6 Å². The van der Waals surface area contributed by atoms with Gasteiger partial charge in [-0.15, -0.1) is 0 Å². The van der Waals surface area contributed by atoms with Gasteiger partial charge in [0.25, 0.3) is 0 Å². The van der Waals surface area contributed by atoms with Crippen molar-refractivity contribution in [2.75, 3.05) is 11.9 Å². The van der Waals surface area contributed by atoms with E-state index in [1.807, 2.05) is 6.07 Å². The fourth-order valence-electron chi connectivity index (χ4n) is 1.25. The summed E-state index contributed by atoms with van der Waals surface area (Å²) < 4.78 is 0.734. The maximum absolute atomic E-state index is 10.3. The number of nitrogens with one attached hydrogen (secondary N) is 1. The molecule has 0 radical (unpaired) electrons. The lowest BCUT2D eigenvalue weighted by atomic mass is 10.2. The lowest BCUT2D eigenvalue weighted by Crippen LogP contribution is -2.06. The van der Waals surface area contributed by atoms with Crippen molar-refractivity contribution >= 4 is 27.6 Å². The number of benzene rings is 1. The summed E-state index contributed by atoms with van der Waals surface area (Å²) in [4.78, 5) is 10.3. The van der Waals surface area contributed by atoms with Crippen LogP contribution in [0.3, 0.4) is 0 Å². The van der Waals surface area contributed by atoms with E-state index >= 15 is 0 Å². The molecular formula is C11H11BrN2O2. The Morgan fingerprint density at radius 2 is 2.31 bits per heavy atom. The highest BCUT2D eigenvalue weighted by molar-refractivity contribution is 9.10. The zero-order valence-electron chi connectivity index (χ0n) is 8.53. The van der Waals surface area contributed by atoms with Crippen molar-refractivity contribution in [3.63, 3.8) is 0 Å². The van der Waals surface area contributed by atoms with E-state index in [0.717, 1.165) is 10.2 Å². The number of aliphatic carboxylic acids is 1. The molecule has 0 saturated carbocycles. The summed E-state index contributed by atoms with van der Waals surface area (Å²) in [5.74, 6) is -0.809. The average Bonchev–Trinajstić information content (AvgIpc) is 2.24. The minimum absolute atomic E-state index is 0.128. The van der Waals surface area contributed by atoms with Crippen LogP contribution in [0.25, 0.3) is 0 Å². The molecule has 5 heteroatoms. The molecule has 0 aromatic heterocycles. The van der Waals surface area contributed by atoms with Crippen LogP contribution in [0.5, 0.6) is 0 Å². The molecule has 0 bridgehead atoms. The largest absolute Gasteiger partial charge is 0.481 e. The molecule has 0 heterocycles. The highest BCUT2D eigenvalue weighted by Gasteiger charge is 2.05. The van der Waals surface area contributed by atoms with Crippen molar-refractivity contribution in [2.45, 2.75) is 12.8 Å². The molecule has 2 N–H and O–H groups in total. The molecule has 1 rings (SSSR count). The molecule has 1 aromatic carbocycles. The number of nitriles is 1. The quantitative estimate of drug-likeness (QED) is 0.815. The van der Waals surface area contributed by atoms with Crippen molar-refractivity contribution in [3.8, 4) is 6.07 Å². The lowest BCUT2D eigenvalue weighted by molar-refractivity contribution is -0.137. The van der Waals surface area contributed by atoms with Gasteiger partial charge in [-0.3, -0.25) is 4.79 Å². The van der Waals surface area contributed by atoms with Gasteiger partial charge in [0, 0.05) is 17.4 Å². The second-order valence-electron chi connectivity index (χ2n) is 3.20. The van der Waals surface area contributed by atoms with Gasteiger partial charge in [0.05, 0.1) is 11.3 Å². The van der Waals surface area contributed by atoms with Gasteiger partial charge >= 0.3 is 5.97 Å². The third-order valence-electron chi connectivity index (χ3n) is 2.01. The monoisotopic (exact) mass is 282 g/mol. The first-order chi connectivity index (χ1) is 7.65. The van der Waals surface area contributed by atoms with E-state index in [-0.39, 0.29) is 6.42 Å². The topological polar surface area (TPSA) is 73.1 Å². The highest BCUT2D eigenvalue weighted by Crippen LogP contribution is 2.23. The Kier molecular flexibility index (Phi) is 4.80. The Hall–Kier alpha value is -1.54. The maximum atomic E-state index is 10.3. The van der Waals surface area contributed by atoms with Crippen LogP contribution < -0.4 is 5.32 Å². The lowest BCUT2D eigenvalue weighted by Gasteiger charge is -2.08. The number of hydrogen-bond donors (Lipinski definition) is 2. The molecule has 0 amide bonds. The summed E-state index contributed by atoms with van der Waals surface area (Å²) in [6, 6.07) is 7.50. The molecule has 0 saturated heterocycles. The predicted octanol–water partition coefficient (Wildman–Crippen LogP) is 2.60. The zero-order chi connectivity index (χ0) is 12.0. The first kappa shape index (κ1) is 12.5. The van der Waals surface area contributed by atoms with Crippen LogP contribution >= 0.6 is 15.9 Å². The van der Waals surface area contributed by atoms with Crippen LogP contribution in [0.1, 0.15) is 18.4 Å². The Balaban J connectivity index is 2.58. The van der Waals surface area contributed by atoms with Crippen LogP contribution in [-0.2, 0) is 4.79 Å². The van der Waals surface area contributed by atoms with E-state index < -0.39 is 5.97 Å². The molecule has 0 aliphatic carbocycles. The van der Waals surface area contributed by atoms with Gasteiger partial charge < -0.3 is 10.4 Å². The fourth-order valence-corrected chi connectivity index (χ4v) is 1.70. The average molecular weight is 283 g/mol. The number of rotatable bonds is 5. The smallest absolute Gasteiger partial charge is 0.303 e. The van der Waals surface area contributed by atoms with Crippen LogP contribution in [0.4, 0.5) is 5.69 Å². The standard InChI is InChI=1S/C11H11BrN2O2/c12-9-3-1-4-10(8(9)7-13)14-6-2-5-11(15)16/h1,3-4,14H,2,5-6H2,(H,15,16). The van der Waals surface area contributed by atoms with E-state index in [1.54, 1.807) is 12.1 Å². The number of halogens is 1. The van der Waals surface area contributed by atoms with E-state index in [9.17, 15) is 4.79 Å². The third kappa shape index (κ3) is 3.55. The molecule has 4 nitrogen and oxygen atoms in total. The summed E-state index contributed by atoms with van der Waals surface area (Å²) in [6.45, 7) is 0.539. The minimum atomic E-state index is -0.809.